The summed E-state index contributed by atoms with van der Waals surface area (Å²) in [5.74, 6) is 0.246. The Hall–Kier alpha value is -3.20. The third kappa shape index (κ3) is 2.72. The van der Waals surface area contributed by atoms with Crippen LogP contribution in [-0.2, 0) is 9.53 Å². The topological polar surface area (TPSA) is 39.2 Å². The Bertz CT molecular complexity index is 1000. The van der Waals surface area contributed by atoms with E-state index in [9.17, 15) is 4.79 Å². The number of cyclic esters (lactones) is 1. The van der Waals surface area contributed by atoms with Crippen LogP contribution in [0.15, 0.2) is 72.6 Å². The van der Waals surface area contributed by atoms with Crippen LogP contribution in [0, 0.1) is 6.92 Å². The molecule has 3 aromatic rings. The summed E-state index contributed by atoms with van der Waals surface area (Å²) in [4.78, 5) is 16.2. The van der Waals surface area contributed by atoms with Gasteiger partial charge in [0.1, 0.15) is 5.76 Å². The van der Waals surface area contributed by atoms with Crippen molar-refractivity contribution in [2.24, 2.45) is 0 Å². The summed E-state index contributed by atoms with van der Waals surface area (Å²) in [5.41, 5.74) is 3.52. The van der Waals surface area contributed by atoms with Crippen molar-refractivity contribution >= 4 is 28.6 Å². The number of hydrogen-bond acceptors (Lipinski definition) is 3. The average molecular weight is 313 g/mol. The van der Waals surface area contributed by atoms with Crippen molar-refractivity contribution in [2.45, 2.75) is 6.92 Å². The number of carbonyl (C=O) groups excluding carboxylic acids is 1. The van der Waals surface area contributed by atoms with Crippen LogP contribution in [0.1, 0.15) is 16.7 Å². The molecule has 1 aromatic heterocycles. The zero-order chi connectivity index (χ0) is 16.5. The van der Waals surface area contributed by atoms with Crippen LogP contribution in [-0.4, -0.2) is 11.0 Å². The fraction of sp³-hybridized carbons (Fsp3) is 0.0476. The minimum Gasteiger partial charge on any atom is -0.422 e. The molecule has 0 bridgehead atoms. The Morgan fingerprint density at radius 1 is 1.04 bits per heavy atom. The van der Waals surface area contributed by atoms with E-state index in [-0.39, 0.29) is 5.97 Å². The number of aryl methyl sites for hydroxylation is 1. The van der Waals surface area contributed by atoms with Gasteiger partial charge in [0.05, 0.1) is 5.57 Å². The molecule has 0 atom stereocenters. The van der Waals surface area contributed by atoms with Crippen molar-refractivity contribution in [3.8, 4) is 0 Å². The lowest BCUT2D eigenvalue weighted by molar-refractivity contribution is -0.130. The van der Waals surface area contributed by atoms with Crippen molar-refractivity contribution < 1.29 is 9.53 Å². The fourth-order valence-electron chi connectivity index (χ4n) is 2.79. The molecule has 24 heavy (non-hydrogen) atoms. The van der Waals surface area contributed by atoms with Gasteiger partial charge in [-0.2, -0.15) is 0 Å². The quantitative estimate of drug-likeness (QED) is 0.515. The maximum Gasteiger partial charge on any atom is 0.343 e. The standard InChI is InChI=1S/C21H15NO2/c1-14-4-5-17-11-18(7-6-16(17)9-14)20-12-19(21(23)24-20)10-15-3-2-8-22-13-15/h2-13H,1H3/b19-10-. The van der Waals surface area contributed by atoms with E-state index in [1.54, 1.807) is 24.5 Å². The molecular formula is C21H15NO2. The van der Waals surface area contributed by atoms with Crippen molar-refractivity contribution in [3.63, 3.8) is 0 Å². The molecule has 2 aromatic carbocycles. The normalized spacial score (nSPS) is 15.6. The minimum absolute atomic E-state index is 0.335. The van der Waals surface area contributed by atoms with Crippen molar-refractivity contribution in [3.05, 3.63) is 89.3 Å². The maximum atomic E-state index is 12.1. The van der Waals surface area contributed by atoms with E-state index >= 15 is 0 Å². The van der Waals surface area contributed by atoms with Gasteiger partial charge in [0, 0.05) is 18.0 Å². The monoisotopic (exact) mass is 313 g/mol. The molecule has 0 N–H and O–H groups in total. The number of benzene rings is 2. The molecule has 4 rings (SSSR count). The van der Waals surface area contributed by atoms with Crippen LogP contribution in [0.2, 0.25) is 0 Å². The molecule has 3 heteroatoms. The van der Waals surface area contributed by atoms with Gasteiger partial charge >= 0.3 is 5.97 Å². The third-order valence-corrected chi connectivity index (χ3v) is 4.01. The lowest BCUT2D eigenvalue weighted by atomic mass is 10.0. The van der Waals surface area contributed by atoms with Crippen LogP contribution < -0.4 is 0 Å². The summed E-state index contributed by atoms with van der Waals surface area (Å²) in [6, 6.07) is 16.1. The molecule has 0 unspecified atom stereocenters. The summed E-state index contributed by atoms with van der Waals surface area (Å²) in [7, 11) is 0. The molecule has 0 saturated heterocycles. The molecule has 1 aliphatic rings. The van der Waals surface area contributed by atoms with E-state index in [0.717, 1.165) is 16.5 Å². The Balaban J connectivity index is 1.72. The smallest absolute Gasteiger partial charge is 0.343 e. The molecular weight excluding hydrogens is 298 g/mol. The van der Waals surface area contributed by atoms with Crippen LogP contribution in [0.4, 0.5) is 0 Å². The Morgan fingerprint density at radius 3 is 2.71 bits per heavy atom. The van der Waals surface area contributed by atoms with E-state index in [1.807, 2.05) is 24.3 Å². The number of carbonyl (C=O) groups is 1. The molecule has 3 nitrogen and oxygen atoms in total. The molecule has 0 fully saturated rings. The predicted molar refractivity (Wildman–Crippen MR) is 95.0 cm³/mol. The van der Waals surface area contributed by atoms with Crippen molar-refractivity contribution in [2.75, 3.05) is 0 Å². The first-order chi connectivity index (χ1) is 11.7. The summed E-state index contributed by atoms with van der Waals surface area (Å²) in [6.45, 7) is 2.07. The first-order valence-corrected chi connectivity index (χ1v) is 7.75. The molecule has 116 valence electrons. The number of fused-ring (bicyclic) bond motifs is 1. The molecule has 0 aliphatic carbocycles. The number of aromatic nitrogens is 1. The number of esters is 1. The second kappa shape index (κ2) is 5.78. The zero-order valence-corrected chi connectivity index (χ0v) is 13.2. The highest BCUT2D eigenvalue weighted by atomic mass is 16.5. The first kappa shape index (κ1) is 14.4. The number of hydrogen-bond donors (Lipinski definition) is 0. The largest absolute Gasteiger partial charge is 0.422 e. The van der Waals surface area contributed by atoms with E-state index in [4.69, 9.17) is 4.74 Å². The number of pyridine rings is 1. The highest BCUT2D eigenvalue weighted by molar-refractivity contribution is 6.05. The Kier molecular flexibility index (Phi) is 3.47. The molecule has 0 radical (unpaired) electrons. The van der Waals surface area contributed by atoms with Gasteiger partial charge in [-0.1, -0.05) is 42.0 Å². The van der Waals surface area contributed by atoms with Crippen molar-refractivity contribution in [1.29, 1.82) is 0 Å². The zero-order valence-electron chi connectivity index (χ0n) is 13.2. The Morgan fingerprint density at radius 2 is 1.88 bits per heavy atom. The Labute approximate surface area is 139 Å². The number of nitrogens with zero attached hydrogens (tertiary/aromatic N) is 1. The highest BCUT2D eigenvalue weighted by Gasteiger charge is 2.22. The van der Waals surface area contributed by atoms with Crippen molar-refractivity contribution in [1.82, 2.24) is 4.98 Å². The van der Waals surface area contributed by atoms with Gasteiger partial charge in [0.25, 0.3) is 0 Å². The van der Waals surface area contributed by atoms with Crippen LogP contribution in [0.3, 0.4) is 0 Å². The van der Waals surface area contributed by atoms with Gasteiger partial charge in [-0.15, -0.1) is 0 Å². The maximum absolute atomic E-state index is 12.1. The number of ether oxygens (including phenoxy) is 1. The molecule has 0 spiro atoms. The van der Waals surface area contributed by atoms with Gasteiger partial charge < -0.3 is 4.74 Å². The SMILES string of the molecule is Cc1ccc2cc(C3=C/C(=C/c4cccnc4)C(=O)O3)ccc2c1. The van der Waals surface area contributed by atoms with Gasteiger partial charge in [0.2, 0.25) is 0 Å². The molecule has 2 heterocycles. The predicted octanol–water partition coefficient (Wildman–Crippen LogP) is 4.52. The summed E-state index contributed by atoms with van der Waals surface area (Å²) >= 11 is 0. The van der Waals surface area contributed by atoms with E-state index in [1.165, 1.54) is 10.9 Å². The minimum atomic E-state index is -0.335. The van der Waals surface area contributed by atoms with Crippen LogP contribution in [0.25, 0.3) is 22.6 Å². The van der Waals surface area contributed by atoms with Crippen LogP contribution in [0.5, 0.6) is 0 Å². The molecule has 1 aliphatic heterocycles. The third-order valence-electron chi connectivity index (χ3n) is 4.01. The van der Waals surface area contributed by atoms with Gasteiger partial charge in [-0.25, -0.2) is 4.79 Å². The number of rotatable bonds is 2. The fourth-order valence-corrected chi connectivity index (χ4v) is 2.79. The van der Waals surface area contributed by atoms with E-state index < -0.39 is 0 Å². The van der Waals surface area contributed by atoms with E-state index in [0.29, 0.717) is 11.3 Å². The average Bonchev–Trinajstić information content (AvgIpc) is 2.96. The summed E-state index contributed by atoms with van der Waals surface area (Å²) in [6.07, 6.45) is 6.98. The first-order valence-electron chi connectivity index (χ1n) is 7.75. The summed E-state index contributed by atoms with van der Waals surface area (Å²) < 4.78 is 5.44. The molecule has 0 amide bonds. The van der Waals surface area contributed by atoms with Crippen LogP contribution >= 0.6 is 0 Å². The lowest BCUT2D eigenvalue weighted by Crippen LogP contribution is -1.97. The van der Waals surface area contributed by atoms with E-state index in [2.05, 4.69) is 36.2 Å². The second-order valence-corrected chi connectivity index (χ2v) is 5.85. The molecule has 0 saturated carbocycles. The van der Waals surface area contributed by atoms with Gasteiger partial charge in [0.15, 0.2) is 0 Å². The lowest BCUT2D eigenvalue weighted by Gasteiger charge is -2.05. The van der Waals surface area contributed by atoms with Gasteiger partial charge in [-0.05, 0) is 47.5 Å². The van der Waals surface area contributed by atoms with Gasteiger partial charge in [-0.3, -0.25) is 4.98 Å². The highest BCUT2D eigenvalue weighted by Crippen LogP contribution is 2.29. The second-order valence-electron chi connectivity index (χ2n) is 5.85. The summed E-state index contributed by atoms with van der Waals surface area (Å²) in [5, 5.41) is 2.30.